The molecule has 0 atom stereocenters. The third-order valence-corrected chi connectivity index (χ3v) is 3.56. The Morgan fingerprint density at radius 2 is 2.05 bits per heavy atom. The van der Waals surface area contributed by atoms with Crippen LogP contribution in [0.25, 0.3) is 6.08 Å². The molecule has 0 saturated heterocycles. The van der Waals surface area contributed by atoms with Crippen LogP contribution in [0.1, 0.15) is 23.7 Å². The summed E-state index contributed by atoms with van der Waals surface area (Å²) in [6.45, 7) is 2.48. The van der Waals surface area contributed by atoms with E-state index in [4.69, 9.17) is 0 Å². The molecule has 112 valence electrons. The number of benzene rings is 1. The average Bonchev–Trinajstić information content (AvgIpc) is 3.08. The van der Waals surface area contributed by atoms with E-state index in [2.05, 4.69) is 15.5 Å². The average molecular weight is 296 g/mol. The second kappa shape index (κ2) is 5.85. The van der Waals surface area contributed by atoms with Crippen LogP contribution in [0, 0.1) is 0 Å². The number of aromatic nitrogens is 2. The van der Waals surface area contributed by atoms with Crippen molar-refractivity contribution in [3.8, 4) is 0 Å². The van der Waals surface area contributed by atoms with E-state index in [0.717, 1.165) is 16.8 Å². The predicted molar refractivity (Wildman–Crippen MR) is 82.6 cm³/mol. The van der Waals surface area contributed by atoms with Gasteiger partial charge in [-0.2, -0.15) is 5.10 Å². The molecule has 2 heterocycles. The lowest BCUT2D eigenvalue weighted by molar-refractivity contribution is -0.129. The van der Waals surface area contributed by atoms with Crippen LogP contribution in [0.15, 0.2) is 36.4 Å². The maximum absolute atomic E-state index is 12.0. The first-order valence-electron chi connectivity index (χ1n) is 6.99. The highest BCUT2D eigenvalue weighted by Gasteiger charge is 2.26. The van der Waals surface area contributed by atoms with Crippen molar-refractivity contribution in [2.45, 2.75) is 20.0 Å². The van der Waals surface area contributed by atoms with Gasteiger partial charge in [-0.05, 0) is 11.6 Å². The maximum atomic E-state index is 12.0. The van der Waals surface area contributed by atoms with Crippen molar-refractivity contribution in [3.05, 3.63) is 53.2 Å². The molecule has 0 unspecified atom stereocenters. The zero-order valence-corrected chi connectivity index (χ0v) is 12.2. The molecule has 2 amide bonds. The number of H-pyrrole nitrogens is 1. The molecule has 1 aliphatic rings. The van der Waals surface area contributed by atoms with E-state index in [0.29, 0.717) is 18.9 Å². The Morgan fingerprint density at radius 3 is 2.77 bits per heavy atom. The summed E-state index contributed by atoms with van der Waals surface area (Å²) in [7, 11) is 0. The summed E-state index contributed by atoms with van der Waals surface area (Å²) in [5.41, 5.74) is 2.63. The largest absolute Gasteiger partial charge is 0.332 e. The summed E-state index contributed by atoms with van der Waals surface area (Å²) in [4.78, 5) is 25.0. The van der Waals surface area contributed by atoms with Crippen molar-refractivity contribution in [1.29, 1.82) is 0 Å². The van der Waals surface area contributed by atoms with E-state index >= 15 is 0 Å². The summed E-state index contributed by atoms with van der Waals surface area (Å²) < 4.78 is 0. The highest BCUT2D eigenvalue weighted by atomic mass is 16.2. The van der Waals surface area contributed by atoms with Gasteiger partial charge in [0.2, 0.25) is 11.8 Å². The zero-order chi connectivity index (χ0) is 15.5. The second-order valence-corrected chi connectivity index (χ2v) is 5.13. The van der Waals surface area contributed by atoms with Crippen LogP contribution in [0.5, 0.6) is 0 Å². The molecule has 2 N–H and O–H groups in total. The number of anilines is 1. The van der Waals surface area contributed by atoms with Crippen LogP contribution < -0.4 is 5.32 Å². The zero-order valence-electron chi connectivity index (χ0n) is 12.2. The molecular formula is C16H16N4O2. The summed E-state index contributed by atoms with van der Waals surface area (Å²) in [5.74, 6) is 0.317. The lowest BCUT2D eigenvalue weighted by Crippen LogP contribution is -2.22. The Morgan fingerprint density at radius 1 is 1.27 bits per heavy atom. The van der Waals surface area contributed by atoms with Gasteiger partial charge in [0.05, 0.1) is 18.8 Å². The van der Waals surface area contributed by atoms with Crippen LogP contribution >= 0.6 is 0 Å². The van der Waals surface area contributed by atoms with E-state index < -0.39 is 0 Å². The number of nitrogens with zero attached hydrogens (tertiary/aromatic N) is 2. The molecule has 0 saturated carbocycles. The fraction of sp³-hybridized carbons (Fsp3) is 0.188. The smallest absolute Gasteiger partial charge is 0.249 e. The topological polar surface area (TPSA) is 78.1 Å². The first kappa shape index (κ1) is 14.1. The van der Waals surface area contributed by atoms with Gasteiger partial charge in [0.25, 0.3) is 0 Å². The van der Waals surface area contributed by atoms with Crippen LogP contribution in [0.4, 0.5) is 5.82 Å². The predicted octanol–water partition coefficient (Wildman–Crippen LogP) is 1.92. The van der Waals surface area contributed by atoms with Crippen molar-refractivity contribution in [3.63, 3.8) is 0 Å². The number of carbonyl (C=O) groups excluding carboxylic acids is 2. The first-order valence-corrected chi connectivity index (χ1v) is 6.99. The Labute approximate surface area is 127 Å². The van der Waals surface area contributed by atoms with Crippen molar-refractivity contribution in [1.82, 2.24) is 15.1 Å². The highest BCUT2D eigenvalue weighted by Crippen LogP contribution is 2.26. The van der Waals surface area contributed by atoms with E-state index in [1.54, 1.807) is 11.0 Å². The van der Waals surface area contributed by atoms with Crippen LogP contribution in [0.2, 0.25) is 0 Å². The summed E-state index contributed by atoms with van der Waals surface area (Å²) in [6.07, 6.45) is 3.22. The van der Waals surface area contributed by atoms with E-state index in [-0.39, 0.29) is 11.8 Å². The lowest BCUT2D eigenvalue weighted by atomic mass is 10.2. The van der Waals surface area contributed by atoms with Gasteiger partial charge in [-0.25, -0.2) is 0 Å². The Kier molecular flexibility index (Phi) is 3.74. The molecule has 0 fully saturated rings. The first-order chi connectivity index (χ1) is 10.6. The third-order valence-electron chi connectivity index (χ3n) is 3.56. The van der Waals surface area contributed by atoms with Gasteiger partial charge in [0.15, 0.2) is 0 Å². The summed E-state index contributed by atoms with van der Waals surface area (Å²) >= 11 is 0. The van der Waals surface area contributed by atoms with Crippen molar-refractivity contribution in [2.24, 2.45) is 0 Å². The van der Waals surface area contributed by atoms with Crippen LogP contribution in [0.3, 0.4) is 0 Å². The second-order valence-electron chi connectivity index (χ2n) is 5.13. The molecule has 0 aliphatic carbocycles. The van der Waals surface area contributed by atoms with Crippen molar-refractivity contribution in [2.75, 3.05) is 5.32 Å². The number of fused-ring (bicyclic) bond motifs is 1. The number of carbonyl (C=O) groups is 2. The minimum Gasteiger partial charge on any atom is -0.332 e. The molecule has 1 aromatic carbocycles. The minimum atomic E-state index is -0.239. The summed E-state index contributed by atoms with van der Waals surface area (Å²) in [5, 5.41) is 9.72. The normalized spacial score (nSPS) is 13.4. The quantitative estimate of drug-likeness (QED) is 0.849. The number of rotatable bonds is 3. The molecule has 6 heteroatoms. The Hall–Kier alpha value is -2.89. The SMILES string of the molecule is CC(=O)N1Cc2n[nH]c(NC(=O)/C=C/c3ccccc3)c2C1. The van der Waals surface area contributed by atoms with Gasteiger partial charge in [-0.3, -0.25) is 14.7 Å². The van der Waals surface area contributed by atoms with Crippen molar-refractivity contribution < 1.29 is 9.59 Å². The molecule has 1 aromatic heterocycles. The third kappa shape index (κ3) is 2.90. The van der Waals surface area contributed by atoms with Gasteiger partial charge in [0.1, 0.15) is 5.82 Å². The highest BCUT2D eigenvalue weighted by molar-refractivity contribution is 6.01. The molecule has 0 radical (unpaired) electrons. The monoisotopic (exact) mass is 296 g/mol. The van der Waals surface area contributed by atoms with E-state index in [1.165, 1.54) is 13.0 Å². The standard InChI is InChI=1S/C16H16N4O2/c1-11(21)20-9-13-14(10-20)18-19-16(13)17-15(22)8-7-12-5-3-2-4-6-12/h2-8H,9-10H2,1H3,(H2,17,18,19,22)/b8-7+. The molecule has 1 aliphatic heterocycles. The molecule has 6 nitrogen and oxygen atoms in total. The van der Waals surface area contributed by atoms with Gasteiger partial charge >= 0.3 is 0 Å². The minimum absolute atomic E-state index is 0.000694. The van der Waals surface area contributed by atoms with Gasteiger partial charge in [-0.15, -0.1) is 0 Å². The Bertz CT molecular complexity index is 734. The van der Waals surface area contributed by atoms with Gasteiger partial charge < -0.3 is 10.2 Å². The number of hydrogen-bond donors (Lipinski definition) is 2. The Balaban J connectivity index is 1.67. The number of nitrogens with one attached hydrogen (secondary N) is 2. The molecule has 0 spiro atoms. The number of amides is 2. The molecule has 3 rings (SSSR count). The number of aromatic amines is 1. The molecular weight excluding hydrogens is 280 g/mol. The van der Waals surface area contributed by atoms with E-state index in [1.807, 2.05) is 30.3 Å². The van der Waals surface area contributed by atoms with Crippen LogP contribution in [-0.2, 0) is 22.7 Å². The lowest BCUT2D eigenvalue weighted by Gasteiger charge is -2.12. The van der Waals surface area contributed by atoms with Gasteiger partial charge in [-0.1, -0.05) is 30.3 Å². The summed E-state index contributed by atoms with van der Waals surface area (Å²) in [6, 6.07) is 9.59. The van der Waals surface area contributed by atoms with Crippen LogP contribution in [-0.4, -0.2) is 26.9 Å². The molecule has 0 bridgehead atoms. The van der Waals surface area contributed by atoms with Crippen molar-refractivity contribution >= 4 is 23.7 Å². The van der Waals surface area contributed by atoms with E-state index in [9.17, 15) is 9.59 Å². The van der Waals surface area contributed by atoms with Gasteiger partial charge in [0, 0.05) is 18.6 Å². The fourth-order valence-electron chi connectivity index (χ4n) is 2.36. The number of hydrogen-bond acceptors (Lipinski definition) is 3. The maximum Gasteiger partial charge on any atom is 0.249 e. The molecule has 2 aromatic rings. The fourth-order valence-corrected chi connectivity index (χ4v) is 2.36. The molecule has 22 heavy (non-hydrogen) atoms.